The van der Waals surface area contributed by atoms with Gasteiger partial charge in [0, 0.05) is 19.3 Å². The molecule has 0 aliphatic rings. The summed E-state index contributed by atoms with van der Waals surface area (Å²) in [5, 5.41) is 11.6. The van der Waals surface area contributed by atoms with Gasteiger partial charge in [-0.25, -0.2) is 0 Å². The maximum atomic E-state index is 12.7. The number of aliphatic carboxylic acids is 1. The van der Waals surface area contributed by atoms with Crippen LogP contribution in [0.3, 0.4) is 0 Å². The third-order valence-corrected chi connectivity index (χ3v) is 10.3. The first kappa shape index (κ1) is 56.8. The topological polar surface area (TPSA) is 102 Å². The van der Waals surface area contributed by atoms with Crippen LogP contribution in [0.1, 0.15) is 187 Å². The number of hydrogen-bond acceptors (Lipinski definition) is 7. The van der Waals surface area contributed by atoms with Crippen molar-refractivity contribution < 1.29 is 38.2 Å². The molecule has 0 amide bonds. The van der Waals surface area contributed by atoms with Gasteiger partial charge in [0.2, 0.25) is 0 Å². The third-order valence-electron chi connectivity index (χ3n) is 10.3. The number of rotatable bonds is 42. The van der Waals surface area contributed by atoms with Crippen molar-refractivity contribution >= 4 is 17.9 Å². The van der Waals surface area contributed by atoms with Crippen molar-refractivity contribution in [3.63, 3.8) is 0 Å². The standard InChI is InChI=1S/C52H89NO7/c1-6-8-10-12-14-16-18-20-22-23-24-25-26-27-29-30-32-34-36-38-40-42-50(54)59-47-48(46-58-45-44-49(52(56)57)53(3,4)5)60-51(55)43-41-39-37-35-33-31-28-21-19-17-15-13-11-9-7-2/h9,11,15,17-18,20-21,23-24,28,33,35,48-49H,6-8,10,12-14,16,19,22,25-27,29-32,34,36-47H2,1-5H3/b11-9-,17-15-,20-18-,24-23-,28-21-,35-33-. The minimum Gasteiger partial charge on any atom is -0.544 e. The molecule has 0 aromatic heterocycles. The lowest BCUT2D eigenvalue weighted by molar-refractivity contribution is -0.889. The summed E-state index contributed by atoms with van der Waals surface area (Å²) in [6.45, 7) is 4.48. The van der Waals surface area contributed by atoms with E-state index in [0.29, 0.717) is 12.8 Å². The number of hydrogen-bond donors (Lipinski definition) is 0. The second-order valence-electron chi connectivity index (χ2n) is 17.0. The average molecular weight is 840 g/mol. The molecule has 2 unspecified atom stereocenters. The van der Waals surface area contributed by atoms with Crippen LogP contribution in [0.15, 0.2) is 72.9 Å². The lowest BCUT2D eigenvalue weighted by Crippen LogP contribution is -2.55. The molecule has 0 saturated heterocycles. The lowest BCUT2D eigenvalue weighted by Gasteiger charge is -2.34. The second-order valence-corrected chi connectivity index (χ2v) is 17.0. The van der Waals surface area contributed by atoms with E-state index < -0.39 is 18.1 Å². The Morgan fingerprint density at radius 3 is 1.42 bits per heavy atom. The first-order chi connectivity index (χ1) is 29.1. The van der Waals surface area contributed by atoms with E-state index in [4.69, 9.17) is 14.2 Å². The largest absolute Gasteiger partial charge is 0.544 e. The zero-order valence-electron chi connectivity index (χ0n) is 39.1. The Kier molecular flexibility index (Phi) is 40.2. The normalized spacial score (nSPS) is 13.6. The van der Waals surface area contributed by atoms with E-state index in [1.807, 2.05) is 0 Å². The van der Waals surface area contributed by atoms with E-state index in [1.54, 1.807) is 21.1 Å². The quantitative estimate of drug-likeness (QED) is 0.0261. The molecule has 2 atom stereocenters. The number of ether oxygens (including phenoxy) is 3. The zero-order chi connectivity index (χ0) is 44.2. The summed E-state index contributed by atoms with van der Waals surface area (Å²) in [5.74, 6) is -1.80. The van der Waals surface area contributed by atoms with E-state index in [-0.39, 0.29) is 49.1 Å². The highest BCUT2D eigenvalue weighted by Gasteiger charge is 2.25. The Bertz CT molecular complexity index is 1210. The van der Waals surface area contributed by atoms with Crippen LogP contribution in [0.2, 0.25) is 0 Å². The van der Waals surface area contributed by atoms with Gasteiger partial charge in [-0.15, -0.1) is 0 Å². The maximum Gasteiger partial charge on any atom is 0.306 e. The Balaban J connectivity index is 4.33. The minimum absolute atomic E-state index is 0.0194. The molecule has 0 spiro atoms. The number of carboxylic acid groups (broad SMARTS) is 1. The molecule has 0 bridgehead atoms. The molecule has 0 saturated carbocycles. The van der Waals surface area contributed by atoms with Gasteiger partial charge < -0.3 is 28.6 Å². The molecule has 0 aromatic rings. The van der Waals surface area contributed by atoms with Gasteiger partial charge >= 0.3 is 11.9 Å². The minimum atomic E-state index is -1.13. The monoisotopic (exact) mass is 840 g/mol. The number of carbonyl (C=O) groups excluding carboxylic acids is 3. The van der Waals surface area contributed by atoms with Gasteiger partial charge in [0.1, 0.15) is 12.6 Å². The second kappa shape index (κ2) is 42.5. The number of nitrogens with zero attached hydrogens (tertiary/aromatic N) is 1. The molecule has 0 heterocycles. The number of esters is 2. The molecule has 0 fully saturated rings. The summed E-state index contributed by atoms with van der Waals surface area (Å²) in [6.07, 6.45) is 53.6. The Labute approximate surface area is 368 Å². The van der Waals surface area contributed by atoms with Crippen LogP contribution in [0.5, 0.6) is 0 Å². The van der Waals surface area contributed by atoms with Crippen LogP contribution in [-0.4, -0.2) is 75.5 Å². The predicted molar refractivity (Wildman–Crippen MR) is 249 cm³/mol. The van der Waals surface area contributed by atoms with Crippen LogP contribution in [0.4, 0.5) is 0 Å². The number of allylic oxidation sites excluding steroid dienone is 12. The predicted octanol–water partition coefficient (Wildman–Crippen LogP) is 12.2. The molecule has 60 heavy (non-hydrogen) atoms. The van der Waals surface area contributed by atoms with Crippen molar-refractivity contribution in [1.29, 1.82) is 0 Å². The van der Waals surface area contributed by atoms with Gasteiger partial charge in [-0.05, 0) is 83.5 Å². The number of carbonyl (C=O) groups is 3. The number of unbranched alkanes of at least 4 members (excludes halogenated alkanes) is 16. The van der Waals surface area contributed by atoms with E-state index in [1.165, 1.54) is 83.5 Å². The lowest BCUT2D eigenvalue weighted by atomic mass is 10.1. The summed E-state index contributed by atoms with van der Waals surface area (Å²) < 4.78 is 17.1. The van der Waals surface area contributed by atoms with Crippen molar-refractivity contribution in [2.75, 3.05) is 41.0 Å². The number of carboxylic acids is 1. The molecule has 0 N–H and O–H groups in total. The van der Waals surface area contributed by atoms with E-state index in [0.717, 1.165) is 64.2 Å². The van der Waals surface area contributed by atoms with Gasteiger partial charge in [-0.1, -0.05) is 157 Å². The average Bonchev–Trinajstić information content (AvgIpc) is 3.21. The highest BCUT2D eigenvalue weighted by molar-refractivity contribution is 5.70. The Morgan fingerprint density at radius 2 is 0.933 bits per heavy atom. The van der Waals surface area contributed by atoms with Gasteiger partial charge in [-0.2, -0.15) is 0 Å². The fraction of sp³-hybridized carbons (Fsp3) is 0.712. The number of quaternary nitrogens is 1. The summed E-state index contributed by atoms with van der Waals surface area (Å²) in [5.41, 5.74) is 0. The SMILES string of the molecule is CC/C=C\C/C=C\C/C=C\C/C=C\CCCCC(=O)OC(COCCC(C(=O)[O-])[N+](C)(C)C)COC(=O)CCCCCCCCCCC/C=C\C/C=C\CCCCCCC. The van der Waals surface area contributed by atoms with Crippen LogP contribution in [0, 0.1) is 0 Å². The van der Waals surface area contributed by atoms with Crippen molar-refractivity contribution in [3.8, 4) is 0 Å². The summed E-state index contributed by atoms with van der Waals surface area (Å²) in [7, 11) is 5.39. The molecule has 0 aromatic carbocycles. The van der Waals surface area contributed by atoms with Gasteiger partial charge in [-0.3, -0.25) is 9.59 Å². The fourth-order valence-corrected chi connectivity index (χ4v) is 6.62. The molecule has 0 aliphatic carbocycles. The highest BCUT2D eigenvalue weighted by Crippen LogP contribution is 2.14. The van der Waals surface area contributed by atoms with Crippen molar-refractivity contribution in [1.82, 2.24) is 0 Å². The van der Waals surface area contributed by atoms with Gasteiger partial charge in [0.15, 0.2) is 6.10 Å². The first-order valence-electron chi connectivity index (χ1n) is 24.0. The van der Waals surface area contributed by atoms with Crippen molar-refractivity contribution in [3.05, 3.63) is 72.9 Å². The molecule has 0 rings (SSSR count). The number of likely N-dealkylation sites (N-methyl/N-ethyl adjacent to an activating group) is 1. The van der Waals surface area contributed by atoms with Crippen LogP contribution in [0.25, 0.3) is 0 Å². The molecule has 0 radical (unpaired) electrons. The highest BCUT2D eigenvalue weighted by atomic mass is 16.6. The Morgan fingerprint density at radius 1 is 0.517 bits per heavy atom. The zero-order valence-corrected chi connectivity index (χ0v) is 39.1. The molecular formula is C52H89NO7. The Hall–Kier alpha value is -3.23. The fourth-order valence-electron chi connectivity index (χ4n) is 6.62. The van der Waals surface area contributed by atoms with Gasteiger partial charge in [0.25, 0.3) is 0 Å². The molecule has 8 nitrogen and oxygen atoms in total. The summed E-state index contributed by atoms with van der Waals surface area (Å²) >= 11 is 0. The van der Waals surface area contributed by atoms with Crippen LogP contribution < -0.4 is 5.11 Å². The van der Waals surface area contributed by atoms with Crippen LogP contribution >= 0.6 is 0 Å². The smallest absolute Gasteiger partial charge is 0.306 e. The summed E-state index contributed by atoms with van der Waals surface area (Å²) in [4.78, 5) is 36.9. The maximum absolute atomic E-state index is 12.7. The molecule has 0 aliphatic heterocycles. The molecule has 344 valence electrons. The molecule has 8 heteroatoms. The van der Waals surface area contributed by atoms with Gasteiger partial charge in [0.05, 0.1) is 40.3 Å². The van der Waals surface area contributed by atoms with E-state index in [9.17, 15) is 19.5 Å². The van der Waals surface area contributed by atoms with E-state index >= 15 is 0 Å². The van der Waals surface area contributed by atoms with Crippen molar-refractivity contribution in [2.45, 2.75) is 199 Å². The third kappa shape index (κ3) is 40.2. The van der Waals surface area contributed by atoms with Crippen LogP contribution in [-0.2, 0) is 28.6 Å². The first-order valence-corrected chi connectivity index (χ1v) is 24.0. The molecular weight excluding hydrogens is 751 g/mol. The summed E-state index contributed by atoms with van der Waals surface area (Å²) in [6, 6.07) is -0.737. The van der Waals surface area contributed by atoms with E-state index in [2.05, 4.69) is 86.8 Å². The van der Waals surface area contributed by atoms with Crippen molar-refractivity contribution in [2.24, 2.45) is 0 Å².